The molecule has 62 heavy (non-hydrogen) atoms. The van der Waals surface area contributed by atoms with Gasteiger partial charge >= 0.3 is 0 Å². The fourth-order valence-corrected chi connectivity index (χ4v) is 9.75. The van der Waals surface area contributed by atoms with Crippen molar-refractivity contribution in [2.45, 2.75) is 77.6 Å². The summed E-state index contributed by atoms with van der Waals surface area (Å²) in [7, 11) is 0. The average molecular weight is 805 g/mol. The Kier molecular flexibility index (Phi) is 10.4. The van der Waals surface area contributed by atoms with E-state index in [1.807, 2.05) is 0 Å². The lowest BCUT2D eigenvalue weighted by molar-refractivity contribution is 0.543. The molecule has 2 nitrogen and oxygen atoms in total. The van der Waals surface area contributed by atoms with Crippen LogP contribution in [0, 0.1) is 0 Å². The minimum Gasteiger partial charge on any atom is -0.311 e. The Morgan fingerprint density at radius 2 is 1.00 bits per heavy atom. The number of aryl methyl sites for hydroxylation is 2. The molecule has 0 aliphatic heterocycles. The van der Waals surface area contributed by atoms with Gasteiger partial charge in [-0.3, -0.25) is 0 Å². The van der Waals surface area contributed by atoms with E-state index in [1.54, 1.807) is 11.1 Å². The van der Waals surface area contributed by atoms with E-state index in [1.165, 1.54) is 92.1 Å². The quantitative estimate of drug-likeness (QED) is 0.126. The Labute approximate surface area is 368 Å². The molecular weight excluding hydrogens is 749 g/mol. The first-order valence-electron chi connectivity index (χ1n) is 22.6. The molecule has 9 aromatic rings. The first-order chi connectivity index (χ1) is 30.2. The maximum Gasteiger partial charge on any atom is 0.0541 e. The number of para-hydroxylation sites is 2. The maximum atomic E-state index is 2.49. The van der Waals surface area contributed by atoms with Crippen molar-refractivity contribution in [2.75, 3.05) is 4.90 Å². The monoisotopic (exact) mass is 804 g/mol. The van der Waals surface area contributed by atoms with Crippen molar-refractivity contribution < 1.29 is 0 Å². The number of anilines is 3. The topological polar surface area (TPSA) is 8.17 Å². The second kappa shape index (κ2) is 16.3. The molecule has 0 spiro atoms. The molecule has 0 saturated heterocycles. The lowest BCUT2D eigenvalue weighted by atomic mass is 9.80. The van der Waals surface area contributed by atoms with Gasteiger partial charge in [-0.1, -0.05) is 150 Å². The molecule has 0 N–H and O–H groups in total. The normalized spacial score (nSPS) is 13.4. The summed E-state index contributed by atoms with van der Waals surface area (Å²) in [6, 6.07) is 70.1. The van der Waals surface area contributed by atoms with Gasteiger partial charge in [-0.2, -0.15) is 0 Å². The van der Waals surface area contributed by atoms with Gasteiger partial charge in [0.25, 0.3) is 0 Å². The third-order valence-electron chi connectivity index (χ3n) is 13.6. The third kappa shape index (κ3) is 7.53. The van der Waals surface area contributed by atoms with E-state index < -0.39 is 0 Å². The van der Waals surface area contributed by atoms with Gasteiger partial charge in [0.15, 0.2) is 0 Å². The Morgan fingerprint density at radius 1 is 0.500 bits per heavy atom. The summed E-state index contributed by atoms with van der Waals surface area (Å²) in [5.74, 6) is 1.07. The maximum absolute atomic E-state index is 2.49. The molecule has 8 aromatic carbocycles. The van der Waals surface area contributed by atoms with Crippen molar-refractivity contribution in [1.29, 1.82) is 0 Å². The van der Waals surface area contributed by atoms with Crippen LogP contribution in [0.3, 0.4) is 0 Å². The summed E-state index contributed by atoms with van der Waals surface area (Å²) in [6.45, 7) is 11.6. The average Bonchev–Trinajstić information content (AvgIpc) is 3.62. The van der Waals surface area contributed by atoms with Gasteiger partial charge < -0.3 is 9.47 Å². The number of aromatic nitrogens is 1. The van der Waals surface area contributed by atoms with E-state index in [0.29, 0.717) is 11.8 Å². The first-order valence-corrected chi connectivity index (χ1v) is 22.6. The van der Waals surface area contributed by atoms with Crippen LogP contribution in [0.1, 0.15) is 87.1 Å². The van der Waals surface area contributed by atoms with Gasteiger partial charge in [-0.15, -0.1) is 0 Å². The Morgan fingerprint density at radius 3 is 1.50 bits per heavy atom. The molecule has 1 heterocycles. The van der Waals surface area contributed by atoms with Gasteiger partial charge in [0.05, 0.1) is 11.0 Å². The van der Waals surface area contributed by atoms with Crippen molar-refractivity contribution in [3.8, 4) is 27.9 Å². The number of hydrogen-bond donors (Lipinski definition) is 0. The second-order valence-corrected chi connectivity index (χ2v) is 18.5. The SMILES string of the molecule is CCC(CC(C)c1ccc(-c2ccc3c(c2)c2cc(-c4ccc(N(c5ccccc5)c5ccccc5)cc4)ccc2n3-c2ccc(C(C)(C)C)cc2)cc1)c1ccc2c(c1)CC2. The lowest BCUT2D eigenvalue weighted by Crippen LogP contribution is -2.11. The molecule has 2 atom stereocenters. The molecule has 1 aliphatic rings. The zero-order chi connectivity index (χ0) is 42.4. The smallest absolute Gasteiger partial charge is 0.0541 e. The fraction of sp³-hybridized carbons (Fsp3) is 0.200. The second-order valence-electron chi connectivity index (χ2n) is 18.5. The summed E-state index contributed by atoms with van der Waals surface area (Å²) >= 11 is 0. The van der Waals surface area contributed by atoms with Gasteiger partial charge in [-0.25, -0.2) is 0 Å². The van der Waals surface area contributed by atoms with Gasteiger partial charge in [0.1, 0.15) is 0 Å². The lowest BCUT2D eigenvalue weighted by Gasteiger charge is -2.25. The van der Waals surface area contributed by atoms with Gasteiger partial charge in [-0.05, 0) is 166 Å². The predicted molar refractivity (Wildman–Crippen MR) is 265 cm³/mol. The molecule has 2 unspecified atom stereocenters. The van der Waals surface area contributed by atoms with E-state index in [0.717, 1.165) is 17.1 Å². The van der Waals surface area contributed by atoms with Crippen molar-refractivity contribution in [3.63, 3.8) is 0 Å². The molecule has 0 amide bonds. The predicted octanol–water partition coefficient (Wildman–Crippen LogP) is 16.7. The van der Waals surface area contributed by atoms with Crippen LogP contribution in [0.2, 0.25) is 0 Å². The van der Waals surface area contributed by atoms with Crippen molar-refractivity contribution in [1.82, 2.24) is 4.57 Å². The minimum absolute atomic E-state index is 0.0887. The summed E-state index contributed by atoms with van der Waals surface area (Å²) in [5.41, 5.74) is 19.4. The molecule has 306 valence electrons. The number of benzene rings is 8. The number of rotatable bonds is 11. The standard InChI is InChI=1S/C60H56N2/c1-6-42(47-23-21-44-22-24-48(44)38-47)37-41(2)43-17-19-45(20-18-43)49-27-35-58-56(39-49)57-40-50(28-36-59(57)62(58)55-33-29-51(30-34-55)60(3,4)5)46-25-31-54(32-26-46)61(52-13-9-7-10-14-52)53-15-11-8-12-16-53/h7-21,23,25-36,38-42H,6,22,24,37H2,1-5H3. The third-order valence-corrected chi connectivity index (χ3v) is 13.6. The van der Waals surface area contributed by atoms with Crippen molar-refractivity contribution >= 4 is 38.9 Å². The van der Waals surface area contributed by atoms with Crippen LogP contribution < -0.4 is 4.90 Å². The summed E-state index contributed by atoms with van der Waals surface area (Å²) in [5, 5.41) is 2.52. The van der Waals surface area contributed by atoms with Crippen molar-refractivity contribution in [2.24, 2.45) is 0 Å². The van der Waals surface area contributed by atoms with Crippen LogP contribution >= 0.6 is 0 Å². The molecule has 0 radical (unpaired) electrons. The Balaban J connectivity index is 1.00. The van der Waals surface area contributed by atoms with Crippen LogP contribution in [-0.4, -0.2) is 4.57 Å². The molecule has 0 fully saturated rings. The fourth-order valence-electron chi connectivity index (χ4n) is 9.75. The van der Waals surface area contributed by atoms with E-state index in [-0.39, 0.29) is 5.41 Å². The molecule has 0 saturated carbocycles. The van der Waals surface area contributed by atoms with Gasteiger partial charge in [0.2, 0.25) is 0 Å². The highest BCUT2D eigenvalue weighted by Gasteiger charge is 2.21. The number of hydrogen-bond acceptors (Lipinski definition) is 1. The number of nitrogens with zero attached hydrogens (tertiary/aromatic N) is 2. The number of fused-ring (bicyclic) bond motifs is 4. The zero-order valence-corrected chi connectivity index (χ0v) is 36.8. The molecule has 1 aliphatic carbocycles. The molecule has 0 bridgehead atoms. The Hall–Kier alpha value is -6.64. The van der Waals surface area contributed by atoms with Crippen LogP contribution in [-0.2, 0) is 18.3 Å². The molecule has 2 heteroatoms. The van der Waals surface area contributed by atoms with Crippen LogP contribution in [0.25, 0.3) is 49.7 Å². The first kappa shape index (κ1) is 39.5. The van der Waals surface area contributed by atoms with Crippen molar-refractivity contribution in [3.05, 3.63) is 216 Å². The van der Waals surface area contributed by atoms with Crippen LogP contribution in [0.4, 0.5) is 17.1 Å². The van der Waals surface area contributed by atoms with Gasteiger partial charge in [0, 0.05) is 33.5 Å². The molecule has 10 rings (SSSR count). The summed E-state index contributed by atoms with van der Waals surface area (Å²) in [6.07, 6.45) is 4.83. The minimum atomic E-state index is 0.0887. The van der Waals surface area contributed by atoms with E-state index in [2.05, 4.69) is 232 Å². The molecule has 1 aromatic heterocycles. The highest BCUT2D eigenvalue weighted by atomic mass is 15.1. The van der Waals surface area contributed by atoms with E-state index >= 15 is 0 Å². The van der Waals surface area contributed by atoms with Crippen LogP contribution in [0.5, 0.6) is 0 Å². The molecular formula is C60H56N2. The highest BCUT2D eigenvalue weighted by molar-refractivity contribution is 6.11. The summed E-state index contributed by atoms with van der Waals surface area (Å²) in [4.78, 5) is 2.32. The zero-order valence-electron chi connectivity index (χ0n) is 36.8. The van der Waals surface area contributed by atoms with E-state index in [4.69, 9.17) is 0 Å². The Bertz CT molecular complexity index is 2950. The van der Waals surface area contributed by atoms with Crippen LogP contribution in [0.15, 0.2) is 188 Å². The highest BCUT2D eigenvalue weighted by Crippen LogP contribution is 2.41. The largest absolute Gasteiger partial charge is 0.311 e. The van der Waals surface area contributed by atoms with E-state index in [9.17, 15) is 0 Å². The summed E-state index contributed by atoms with van der Waals surface area (Å²) < 4.78 is 2.44.